The maximum absolute atomic E-state index is 12.6. The van der Waals surface area contributed by atoms with Crippen molar-refractivity contribution in [2.45, 2.75) is 32.9 Å². The van der Waals surface area contributed by atoms with Crippen molar-refractivity contribution in [2.75, 3.05) is 5.32 Å². The molecule has 0 saturated carbocycles. The van der Waals surface area contributed by atoms with Crippen molar-refractivity contribution in [2.24, 2.45) is 5.92 Å². The van der Waals surface area contributed by atoms with Crippen LogP contribution in [0, 0.1) is 5.92 Å². The van der Waals surface area contributed by atoms with Crippen LogP contribution in [-0.2, 0) is 23.8 Å². The van der Waals surface area contributed by atoms with Gasteiger partial charge in [-0.2, -0.15) is 13.2 Å². The molecule has 1 amide bonds. The molecule has 148 valence electrons. The molecular weight excluding hydrogens is 409 g/mol. The largest absolute Gasteiger partial charge is 0.416 e. The summed E-state index contributed by atoms with van der Waals surface area (Å²) in [5.74, 6) is 0.187. The number of anilines is 1. The van der Waals surface area contributed by atoms with Crippen molar-refractivity contribution in [3.63, 3.8) is 0 Å². The fourth-order valence-corrected chi connectivity index (χ4v) is 4.18. The van der Waals surface area contributed by atoms with Gasteiger partial charge in [0.1, 0.15) is 10.0 Å². The summed E-state index contributed by atoms with van der Waals surface area (Å²) in [6, 6.07) is 4.80. The number of halogens is 3. The van der Waals surface area contributed by atoms with Crippen molar-refractivity contribution >= 4 is 33.7 Å². The molecule has 0 fully saturated rings. The zero-order valence-electron chi connectivity index (χ0n) is 15.1. The van der Waals surface area contributed by atoms with Crippen molar-refractivity contribution in [1.29, 1.82) is 0 Å². The van der Waals surface area contributed by atoms with Crippen molar-refractivity contribution in [3.8, 4) is 10.6 Å². The van der Waals surface area contributed by atoms with Crippen LogP contribution in [0.3, 0.4) is 0 Å². The Bertz CT molecular complexity index is 948. The van der Waals surface area contributed by atoms with Gasteiger partial charge in [-0.3, -0.25) is 4.79 Å². The molecule has 0 aliphatic rings. The second kappa shape index (κ2) is 8.36. The number of hydrogen-bond donors (Lipinski definition) is 1. The van der Waals surface area contributed by atoms with Crippen molar-refractivity contribution in [1.82, 2.24) is 15.2 Å². The molecule has 0 saturated heterocycles. The number of nitrogens with zero attached hydrogens (tertiary/aromatic N) is 3. The number of thiazole rings is 1. The van der Waals surface area contributed by atoms with Crippen molar-refractivity contribution in [3.05, 3.63) is 45.9 Å². The highest BCUT2D eigenvalue weighted by molar-refractivity contribution is 7.15. The molecule has 0 unspecified atom stereocenters. The van der Waals surface area contributed by atoms with Crippen LogP contribution in [0.25, 0.3) is 10.6 Å². The van der Waals surface area contributed by atoms with E-state index in [0.29, 0.717) is 27.3 Å². The highest BCUT2D eigenvalue weighted by Gasteiger charge is 2.30. The molecule has 2 heterocycles. The molecule has 0 bridgehead atoms. The van der Waals surface area contributed by atoms with Gasteiger partial charge in [0, 0.05) is 17.4 Å². The number of benzene rings is 1. The van der Waals surface area contributed by atoms with E-state index in [4.69, 9.17) is 0 Å². The predicted octanol–water partition coefficient (Wildman–Crippen LogP) is 5.06. The lowest BCUT2D eigenvalue weighted by Gasteiger charge is -2.06. The summed E-state index contributed by atoms with van der Waals surface area (Å²) in [6.07, 6.45) is -3.52. The minimum atomic E-state index is -4.37. The van der Waals surface area contributed by atoms with Gasteiger partial charge in [0.05, 0.1) is 17.7 Å². The first-order valence-electron chi connectivity index (χ1n) is 8.45. The van der Waals surface area contributed by atoms with Crippen molar-refractivity contribution < 1.29 is 18.0 Å². The highest BCUT2D eigenvalue weighted by atomic mass is 32.1. The Kier molecular flexibility index (Phi) is 6.09. The molecule has 3 aromatic rings. The van der Waals surface area contributed by atoms with Crippen LogP contribution in [0.2, 0.25) is 0 Å². The minimum Gasteiger partial charge on any atom is -0.300 e. The van der Waals surface area contributed by atoms with Crippen LogP contribution >= 0.6 is 22.7 Å². The molecule has 2 aromatic heterocycles. The normalized spacial score (nSPS) is 11.8. The first kappa shape index (κ1) is 20.4. The van der Waals surface area contributed by atoms with Crippen LogP contribution < -0.4 is 5.32 Å². The Morgan fingerprint density at radius 2 is 1.89 bits per heavy atom. The summed E-state index contributed by atoms with van der Waals surface area (Å²) in [5, 5.41) is 14.3. The second-order valence-electron chi connectivity index (χ2n) is 6.54. The van der Waals surface area contributed by atoms with E-state index in [-0.39, 0.29) is 12.3 Å². The number of carbonyl (C=O) groups excluding carboxylic acids is 1. The summed E-state index contributed by atoms with van der Waals surface area (Å²) in [6.45, 7) is 4.16. The smallest absolute Gasteiger partial charge is 0.300 e. The molecule has 28 heavy (non-hydrogen) atoms. The van der Waals surface area contributed by atoms with E-state index in [0.717, 1.165) is 23.6 Å². The van der Waals surface area contributed by atoms with Gasteiger partial charge in [-0.15, -0.1) is 21.5 Å². The second-order valence-corrected chi connectivity index (χ2v) is 8.46. The number of alkyl halides is 3. The van der Waals surface area contributed by atoms with Crippen LogP contribution in [0.5, 0.6) is 0 Å². The number of carbonyl (C=O) groups is 1. The van der Waals surface area contributed by atoms with E-state index >= 15 is 0 Å². The summed E-state index contributed by atoms with van der Waals surface area (Å²) in [4.78, 5) is 16.5. The molecule has 0 aliphatic carbocycles. The lowest BCUT2D eigenvalue weighted by molar-refractivity contribution is -0.137. The zero-order chi connectivity index (χ0) is 20.3. The Balaban J connectivity index is 1.61. The van der Waals surface area contributed by atoms with E-state index in [9.17, 15) is 18.0 Å². The Morgan fingerprint density at radius 1 is 1.18 bits per heavy atom. The van der Waals surface area contributed by atoms with Crippen LogP contribution in [0.4, 0.5) is 18.3 Å². The lowest BCUT2D eigenvalue weighted by atomic mass is 10.1. The molecule has 0 aliphatic heterocycles. The van der Waals surface area contributed by atoms with E-state index in [1.165, 1.54) is 34.8 Å². The highest BCUT2D eigenvalue weighted by Crippen LogP contribution is 2.31. The Morgan fingerprint density at radius 3 is 2.54 bits per heavy atom. The summed E-state index contributed by atoms with van der Waals surface area (Å²) >= 11 is 2.62. The van der Waals surface area contributed by atoms with E-state index in [1.807, 2.05) is 0 Å². The van der Waals surface area contributed by atoms with E-state index in [2.05, 4.69) is 34.3 Å². The van der Waals surface area contributed by atoms with E-state index < -0.39 is 11.7 Å². The molecule has 0 radical (unpaired) electrons. The van der Waals surface area contributed by atoms with Gasteiger partial charge in [-0.25, -0.2) is 4.98 Å². The summed E-state index contributed by atoms with van der Waals surface area (Å²) in [7, 11) is 0. The third kappa shape index (κ3) is 5.35. The van der Waals surface area contributed by atoms with E-state index in [1.54, 1.807) is 5.38 Å². The maximum atomic E-state index is 12.6. The standard InChI is InChI=1S/C18H17F3N4OS2/c1-10(2)7-15-24-25-17(28-15)23-14(26)8-13-9-27-16(22-13)11-3-5-12(6-4-11)18(19,20)21/h3-6,9-10H,7-8H2,1-2H3,(H,23,25,26). The average molecular weight is 426 g/mol. The zero-order valence-corrected chi connectivity index (χ0v) is 16.7. The van der Waals surface area contributed by atoms with Gasteiger partial charge in [-0.05, 0) is 18.1 Å². The first-order chi connectivity index (χ1) is 13.2. The topological polar surface area (TPSA) is 67.8 Å². The lowest BCUT2D eigenvalue weighted by Crippen LogP contribution is -2.14. The molecule has 3 rings (SSSR count). The first-order valence-corrected chi connectivity index (χ1v) is 10.1. The minimum absolute atomic E-state index is 0.0518. The van der Waals surface area contributed by atoms with Crippen LogP contribution in [0.15, 0.2) is 29.6 Å². The fourth-order valence-electron chi connectivity index (χ4n) is 2.39. The van der Waals surface area contributed by atoms with Crippen LogP contribution in [-0.4, -0.2) is 21.1 Å². The molecular formula is C18H17F3N4OS2. The van der Waals surface area contributed by atoms with Gasteiger partial charge in [0.15, 0.2) is 0 Å². The molecule has 1 aromatic carbocycles. The Hall–Kier alpha value is -2.33. The fraction of sp³-hybridized carbons (Fsp3) is 0.333. The monoisotopic (exact) mass is 426 g/mol. The number of rotatable bonds is 6. The number of hydrogen-bond acceptors (Lipinski definition) is 6. The molecule has 0 atom stereocenters. The average Bonchev–Trinajstić information content (AvgIpc) is 3.23. The molecule has 10 heteroatoms. The Labute approximate surface area is 167 Å². The third-order valence-corrected chi connectivity index (χ3v) is 5.45. The van der Waals surface area contributed by atoms with Gasteiger partial charge in [-0.1, -0.05) is 37.3 Å². The number of nitrogens with one attached hydrogen (secondary N) is 1. The summed E-state index contributed by atoms with van der Waals surface area (Å²) < 4.78 is 37.9. The molecule has 1 N–H and O–H groups in total. The number of amides is 1. The quantitative estimate of drug-likeness (QED) is 0.598. The summed E-state index contributed by atoms with van der Waals surface area (Å²) in [5.41, 5.74) is 0.415. The van der Waals surface area contributed by atoms with Gasteiger partial charge in [0.25, 0.3) is 0 Å². The number of aromatic nitrogens is 3. The SMILES string of the molecule is CC(C)Cc1nnc(NC(=O)Cc2csc(-c3ccc(C(F)(F)F)cc3)n2)s1. The van der Waals surface area contributed by atoms with Gasteiger partial charge >= 0.3 is 6.18 Å². The predicted molar refractivity (Wildman–Crippen MR) is 103 cm³/mol. The van der Waals surface area contributed by atoms with Crippen LogP contribution in [0.1, 0.15) is 30.1 Å². The molecule has 0 spiro atoms. The maximum Gasteiger partial charge on any atom is 0.416 e. The molecule has 5 nitrogen and oxygen atoms in total. The van der Waals surface area contributed by atoms with Gasteiger partial charge < -0.3 is 5.32 Å². The third-order valence-electron chi connectivity index (χ3n) is 3.65. The van der Waals surface area contributed by atoms with Gasteiger partial charge in [0.2, 0.25) is 11.0 Å².